The van der Waals surface area contributed by atoms with Gasteiger partial charge in [0.1, 0.15) is 5.75 Å². The van der Waals surface area contributed by atoms with Gasteiger partial charge in [0, 0.05) is 0 Å². The molecule has 0 radical (unpaired) electrons. The molecular formula is C16H27NO. The standard InChI is InChI=1S/C16H27NO/c1-11(2)13-8-9-14(12(3)4)16(18-5)15(13)7-6-10-17/h8-9,11-12H,6-7,10,17H2,1-5H3. The third-order valence-electron chi connectivity index (χ3n) is 3.41. The van der Waals surface area contributed by atoms with Crippen molar-refractivity contribution >= 4 is 0 Å². The van der Waals surface area contributed by atoms with E-state index in [0.29, 0.717) is 11.8 Å². The number of methoxy groups -OCH3 is 1. The lowest BCUT2D eigenvalue weighted by atomic mass is 9.88. The zero-order valence-corrected chi connectivity index (χ0v) is 12.4. The van der Waals surface area contributed by atoms with Gasteiger partial charge in [-0.25, -0.2) is 0 Å². The van der Waals surface area contributed by atoms with Crippen LogP contribution in [0, 0.1) is 0 Å². The predicted octanol–water partition coefficient (Wildman–Crippen LogP) is 3.83. The van der Waals surface area contributed by atoms with Crippen molar-refractivity contribution in [1.29, 1.82) is 0 Å². The summed E-state index contributed by atoms with van der Waals surface area (Å²) in [6.07, 6.45) is 2.02. The van der Waals surface area contributed by atoms with Gasteiger partial charge in [-0.05, 0) is 47.9 Å². The molecule has 0 heterocycles. The molecule has 0 saturated heterocycles. The van der Waals surface area contributed by atoms with Crippen LogP contribution in [-0.2, 0) is 6.42 Å². The summed E-state index contributed by atoms with van der Waals surface area (Å²) in [5.74, 6) is 2.08. The van der Waals surface area contributed by atoms with Crippen LogP contribution in [0.1, 0.15) is 62.6 Å². The van der Waals surface area contributed by atoms with Crippen molar-refractivity contribution in [3.8, 4) is 5.75 Å². The highest BCUT2D eigenvalue weighted by Crippen LogP contribution is 2.35. The molecule has 0 aliphatic rings. The van der Waals surface area contributed by atoms with E-state index in [9.17, 15) is 0 Å². The summed E-state index contributed by atoms with van der Waals surface area (Å²) in [4.78, 5) is 0. The van der Waals surface area contributed by atoms with Crippen LogP contribution < -0.4 is 10.5 Å². The summed E-state index contributed by atoms with van der Waals surface area (Å²) in [6, 6.07) is 4.47. The van der Waals surface area contributed by atoms with Crippen molar-refractivity contribution in [2.45, 2.75) is 52.4 Å². The molecule has 0 saturated carbocycles. The van der Waals surface area contributed by atoms with E-state index in [1.165, 1.54) is 16.7 Å². The normalized spacial score (nSPS) is 11.3. The Bertz CT molecular complexity index is 383. The fourth-order valence-electron chi connectivity index (χ4n) is 2.43. The Labute approximate surface area is 112 Å². The largest absolute Gasteiger partial charge is 0.496 e. The number of ether oxygens (including phenoxy) is 1. The Hall–Kier alpha value is -1.02. The summed E-state index contributed by atoms with van der Waals surface area (Å²) >= 11 is 0. The van der Waals surface area contributed by atoms with Gasteiger partial charge in [0.05, 0.1) is 7.11 Å². The van der Waals surface area contributed by atoms with Crippen LogP contribution in [0.3, 0.4) is 0 Å². The molecule has 102 valence electrons. The quantitative estimate of drug-likeness (QED) is 0.831. The Kier molecular flexibility index (Phi) is 5.67. The molecular weight excluding hydrogens is 222 g/mol. The molecule has 2 N–H and O–H groups in total. The highest BCUT2D eigenvalue weighted by molar-refractivity contribution is 5.49. The number of nitrogens with two attached hydrogens (primary N) is 1. The Morgan fingerprint density at radius 3 is 2.06 bits per heavy atom. The van der Waals surface area contributed by atoms with Crippen LogP contribution in [0.25, 0.3) is 0 Å². The summed E-state index contributed by atoms with van der Waals surface area (Å²) < 4.78 is 5.68. The van der Waals surface area contributed by atoms with Gasteiger partial charge in [-0.3, -0.25) is 0 Å². The first-order chi connectivity index (χ1) is 8.52. The minimum atomic E-state index is 0.484. The topological polar surface area (TPSA) is 35.2 Å². The molecule has 0 aliphatic heterocycles. The molecule has 1 aromatic rings. The van der Waals surface area contributed by atoms with Gasteiger partial charge in [0.2, 0.25) is 0 Å². The van der Waals surface area contributed by atoms with Crippen LogP contribution in [-0.4, -0.2) is 13.7 Å². The molecule has 2 nitrogen and oxygen atoms in total. The maximum absolute atomic E-state index is 5.68. The average Bonchev–Trinajstić information content (AvgIpc) is 2.34. The average molecular weight is 249 g/mol. The SMILES string of the molecule is COc1c(C(C)C)ccc(C(C)C)c1CCCN. The van der Waals surface area contributed by atoms with Crippen molar-refractivity contribution in [2.24, 2.45) is 5.73 Å². The molecule has 0 bridgehead atoms. The van der Waals surface area contributed by atoms with E-state index < -0.39 is 0 Å². The van der Waals surface area contributed by atoms with Gasteiger partial charge in [-0.1, -0.05) is 39.8 Å². The number of benzene rings is 1. The predicted molar refractivity (Wildman–Crippen MR) is 78.5 cm³/mol. The van der Waals surface area contributed by atoms with E-state index in [-0.39, 0.29) is 0 Å². The molecule has 1 aromatic carbocycles. The van der Waals surface area contributed by atoms with E-state index in [2.05, 4.69) is 39.8 Å². The van der Waals surface area contributed by atoms with Gasteiger partial charge in [-0.15, -0.1) is 0 Å². The smallest absolute Gasteiger partial charge is 0.125 e. The lowest BCUT2D eigenvalue weighted by molar-refractivity contribution is 0.400. The number of hydrogen-bond acceptors (Lipinski definition) is 2. The molecule has 18 heavy (non-hydrogen) atoms. The highest BCUT2D eigenvalue weighted by atomic mass is 16.5. The van der Waals surface area contributed by atoms with Crippen LogP contribution in [0.4, 0.5) is 0 Å². The Balaban J connectivity index is 3.31. The third kappa shape index (κ3) is 3.26. The molecule has 0 aliphatic carbocycles. The highest BCUT2D eigenvalue weighted by Gasteiger charge is 2.17. The maximum Gasteiger partial charge on any atom is 0.125 e. The van der Waals surface area contributed by atoms with Gasteiger partial charge < -0.3 is 10.5 Å². The second-order valence-corrected chi connectivity index (χ2v) is 5.46. The molecule has 0 fully saturated rings. The molecule has 0 atom stereocenters. The van der Waals surface area contributed by atoms with E-state index in [4.69, 9.17) is 10.5 Å². The van der Waals surface area contributed by atoms with Crippen molar-refractivity contribution < 1.29 is 4.74 Å². The summed E-state index contributed by atoms with van der Waals surface area (Å²) in [6.45, 7) is 9.61. The van der Waals surface area contributed by atoms with Gasteiger partial charge in [0.25, 0.3) is 0 Å². The fourth-order valence-corrected chi connectivity index (χ4v) is 2.43. The maximum atomic E-state index is 5.68. The van der Waals surface area contributed by atoms with Crippen molar-refractivity contribution in [2.75, 3.05) is 13.7 Å². The first kappa shape index (κ1) is 15.0. The van der Waals surface area contributed by atoms with Gasteiger partial charge >= 0.3 is 0 Å². The molecule has 0 unspecified atom stereocenters. The number of hydrogen-bond donors (Lipinski definition) is 1. The number of rotatable bonds is 6. The van der Waals surface area contributed by atoms with E-state index in [0.717, 1.165) is 25.1 Å². The molecule has 0 amide bonds. The summed E-state index contributed by atoms with van der Waals surface area (Å²) in [5.41, 5.74) is 9.70. The zero-order valence-electron chi connectivity index (χ0n) is 12.4. The van der Waals surface area contributed by atoms with E-state index in [1.54, 1.807) is 7.11 Å². The summed E-state index contributed by atoms with van der Waals surface area (Å²) in [5, 5.41) is 0. The lowest BCUT2D eigenvalue weighted by Crippen LogP contribution is -2.07. The summed E-state index contributed by atoms with van der Waals surface area (Å²) in [7, 11) is 1.78. The molecule has 2 heteroatoms. The van der Waals surface area contributed by atoms with Crippen LogP contribution >= 0.6 is 0 Å². The van der Waals surface area contributed by atoms with Crippen LogP contribution in [0.5, 0.6) is 5.75 Å². The fraction of sp³-hybridized carbons (Fsp3) is 0.625. The molecule has 0 aromatic heterocycles. The minimum absolute atomic E-state index is 0.484. The second kappa shape index (κ2) is 6.79. The van der Waals surface area contributed by atoms with Crippen LogP contribution in [0.15, 0.2) is 12.1 Å². The van der Waals surface area contributed by atoms with Crippen molar-refractivity contribution in [3.63, 3.8) is 0 Å². The zero-order chi connectivity index (χ0) is 13.7. The minimum Gasteiger partial charge on any atom is -0.496 e. The van der Waals surface area contributed by atoms with Gasteiger partial charge in [0.15, 0.2) is 0 Å². The monoisotopic (exact) mass is 249 g/mol. The third-order valence-corrected chi connectivity index (χ3v) is 3.41. The van der Waals surface area contributed by atoms with Crippen molar-refractivity contribution in [3.05, 3.63) is 28.8 Å². The van der Waals surface area contributed by atoms with E-state index in [1.807, 2.05) is 0 Å². The Morgan fingerprint density at radius 1 is 1.06 bits per heavy atom. The van der Waals surface area contributed by atoms with Crippen molar-refractivity contribution in [1.82, 2.24) is 0 Å². The first-order valence-corrected chi connectivity index (χ1v) is 6.92. The molecule has 1 rings (SSSR count). The van der Waals surface area contributed by atoms with E-state index >= 15 is 0 Å². The second-order valence-electron chi connectivity index (χ2n) is 5.46. The van der Waals surface area contributed by atoms with Gasteiger partial charge in [-0.2, -0.15) is 0 Å². The Morgan fingerprint density at radius 2 is 1.61 bits per heavy atom. The lowest BCUT2D eigenvalue weighted by Gasteiger charge is -2.21. The molecule has 0 spiro atoms. The van der Waals surface area contributed by atoms with Crippen LogP contribution in [0.2, 0.25) is 0 Å². The first-order valence-electron chi connectivity index (χ1n) is 6.92.